The van der Waals surface area contributed by atoms with Crippen LogP contribution in [0.15, 0.2) is 24.3 Å². The van der Waals surface area contributed by atoms with Crippen LogP contribution in [0.2, 0.25) is 0 Å². The first-order chi connectivity index (χ1) is 7.35. The minimum Gasteiger partial charge on any atom is -0.496 e. The Kier molecular flexibility index (Phi) is 3.23. The van der Waals surface area contributed by atoms with Gasteiger partial charge < -0.3 is 4.74 Å². The van der Waals surface area contributed by atoms with E-state index in [0.717, 1.165) is 23.7 Å². The number of ether oxygens (including phenoxy) is 1. The number of nitrogens with two attached hydrogens (primary N) is 1. The van der Waals surface area contributed by atoms with Crippen LogP contribution >= 0.6 is 0 Å². The standard InChI is InChI=1S/C12H18N2O/c1-15-12-5-3-2-4-10(12)11(14-13)8-9-6-7-9/h2-5,9,11,14H,6-8,13H2,1H3. The van der Waals surface area contributed by atoms with Gasteiger partial charge in [0.2, 0.25) is 0 Å². The minimum atomic E-state index is 0.216. The van der Waals surface area contributed by atoms with Gasteiger partial charge in [-0.2, -0.15) is 0 Å². The Labute approximate surface area is 90.6 Å². The number of benzene rings is 1. The quantitative estimate of drug-likeness (QED) is 0.572. The van der Waals surface area contributed by atoms with Gasteiger partial charge in [-0.1, -0.05) is 31.0 Å². The Morgan fingerprint density at radius 2 is 2.20 bits per heavy atom. The van der Waals surface area contributed by atoms with E-state index in [1.54, 1.807) is 7.11 Å². The van der Waals surface area contributed by atoms with Crippen molar-refractivity contribution in [1.82, 2.24) is 5.43 Å². The van der Waals surface area contributed by atoms with E-state index in [4.69, 9.17) is 10.6 Å². The van der Waals surface area contributed by atoms with Gasteiger partial charge in [0.25, 0.3) is 0 Å². The van der Waals surface area contributed by atoms with Crippen LogP contribution in [-0.2, 0) is 0 Å². The fraction of sp³-hybridized carbons (Fsp3) is 0.500. The summed E-state index contributed by atoms with van der Waals surface area (Å²) >= 11 is 0. The van der Waals surface area contributed by atoms with Crippen molar-refractivity contribution in [3.05, 3.63) is 29.8 Å². The average Bonchev–Trinajstić information content (AvgIpc) is 3.10. The summed E-state index contributed by atoms with van der Waals surface area (Å²) in [6.07, 6.45) is 3.79. The summed E-state index contributed by atoms with van der Waals surface area (Å²) in [5.74, 6) is 7.36. The molecule has 0 aromatic heterocycles. The summed E-state index contributed by atoms with van der Waals surface area (Å²) in [6, 6.07) is 8.27. The van der Waals surface area contributed by atoms with Crippen molar-refractivity contribution < 1.29 is 4.74 Å². The molecule has 0 radical (unpaired) electrons. The van der Waals surface area contributed by atoms with Crippen LogP contribution in [0.4, 0.5) is 0 Å². The van der Waals surface area contributed by atoms with Crippen molar-refractivity contribution in [2.24, 2.45) is 11.8 Å². The molecule has 1 aliphatic carbocycles. The Morgan fingerprint density at radius 3 is 2.80 bits per heavy atom. The monoisotopic (exact) mass is 206 g/mol. The highest BCUT2D eigenvalue weighted by Crippen LogP contribution is 2.39. The van der Waals surface area contributed by atoms with E-state index in [-0.39, 0.29) is 6.04 Å². The van der Waals surface area contributed by atoms with Crippen LogP contribution < -0.4 is 16.0 Å². The maximum Gasteiger partial charge on any atom is 0.123 e. The lowest BCUT2D eigenvalue weighted by molar-refractivity contribution is 0.392. The second-order valence-corrected chi connectivity index (χ2v) is 4.14. The van der Waals surface area contributed by atoms with Crippen molar-refractivity contribution in [2.45, 2.75) is 25.3 Å². The molecule has 3 N–H and O–H groups in total. The molecule has 3 heteroatoms. The highest BCUT2D eigenvalue weighted by molar-refractivity contribution is 5.35. The predicted molar refractivity (Wildman–Crippen MR) is 60.4 cm³/mol. The third-order valence-corrected chi connectivity index (χ3v) is 2.98. The first kappa shape index (κ1) is 10.5. The van der Waals surface area contributed by atoms with Crippen LogP contribution in [0.1, 0.15) is 30.9 Å². The van der Waals surface area contributed by atoms with Gasteiger partial charge in [-0.15, -0.1) is 0 Å². The molecule has 0 amide bonds. The van der Waals surface area contributed by atoms with Gasteiger partial charge in [-0.05, 0) is 18.4 Å². The van der Waals surface area contributed by atoms with Gasteiger partial charge in [0, 0.05) is 11.6 Å². The smallest absolute Gasteiger partial charge is 0.123 e. The van der Waals surface area contributed by atoms with Gasteiger partial charge in [0.1, 0.15) is 5.75 Å². The first-order valence-electron chi connectivity index (χ1n) is 5.44. The molecule has 1 unspecified atom stereocenters. The number of nitrogens with one attached hydrogen (secondary N) is 1. The average molecular weight is 206 g/mol. The zero-order chi connectivity index (χ0) is 10.7. The van der Waals surface area contributed by atoms with Gasteiger partial charge in [-0.3, -0.25) is 11.3 Å². The van der Waals surface area contributed by atoms with Gasteiger partial charge in [0.15, 0.2) is 0 Å². The van der Waals surface area contributed by atoms with Crippen molar-refractivity contribution in [1.29, 1.82) is 0 Å². The number of hydrogen-bond acceptors (Lipinski definition) is 3. The van der Waals surface area contributed by atoms with Crippen molar-refractivity contribution in [3.8, 4) is 5.75 Å². The van der Waals surface area contributed by atoms with E-state index in [0.29, 0.717) is 0 Å². The molecule has 0 saturated heterocycles. The second-order valence-electron chi connectivity index (χ2n) is 4.14. The molecule has 1 fully saturated rings. The number of para-hydroxylation sites is 1. The molecule has 3 nitrogen and oxygen atoms in total. The van der Waals surface area contributed by atoms with E-state index < -0.39 is 0 Å². The van der Waals surface area contributed by atoms with E-state index in [1.165, 1.54) is 12.8 Å². The molecule has 0 spiro atoms. The van der Waals surface area contributed by atoms with Crippen molar-refractivity contribution in [3.63, 3.8) is 0 Å². The number of methoxy groups -OCH3 is 1. The van der Waals surface area contributed by atoms with Crippen LogP contribution in [0.25, 0.3) is 0 Å². The second kappa shape index (κ2) is 4.64. The molecule has 1 saturated carbocycles. The Hall–Kier alpha value is -1.06. The third kappa shape index (κ3) is 2.49. The van der Waals surface area contributed by atoms with Crippen molar-refractivity contribution in [2.75, 3.05) is 7.11 Å². The summed E-state index contributed by atoms with van der Waals surface area (Å²) in [6.45, 7) is 0. The number of hydrogen-bond donors (Lipinski definition) is 2. The molecule has 0 bridgehead atoms. The summed E-state index contributed by atoms with van der Waals surface area (Å²) < 4.78 is 5.33. The number of hydrazine groups is 1. The van der Waals surface area contributed by atoms with Gasteiger partial charge >= 0.3 is 0 Å². The van der Waals surface area contributed by atoms with Crippen molar-refractivity contribution >= 4 is 0 Å². The van der Waals surface area contributed by atoms with E-state index in [1.807, 2.05) is 18.2 Å². The van der Waals surface area contributed by atoms with Crippen LogP contribution in [0, 0.1) is 5.92 Å². The Balaban J connectivity index is 2.15. The minimum absolute atomic E-state index is 0.216. The summed E-state index contributed by atoms with van der Waals surface area (Å²) in [5.41, 5.74) is 4.05. The zero-order valence-electron chi connectivity index (χ0n) is 9.07. The summed E-state index contributed by atoms with van der Waals surface area (Å²) in [7, 11) is 1.70. The molecule has 2 rings (SSSR count). The van der Waals surface area contributed by atoms with Crippen LogP contribution in [0.5, 0.6) is 5.75 Å². The molecule has 1 aliphatic rings. The summed E-state index contributed by atoms with van der Waals surface area (Å²) in [5, 5.41) is 0. The maximum atomic E-state index is 5.60. The van der Waals surface area contributed by atoms with Crippen LogP contribution in [-0.4, -0.2) is 7.11 Å². The lowest BCUT2D eigenvalue weighted by atomic mass is 10.0. The molecule has 1 atom stereocenters. The van der Waals surface area contributed by atoms with Crippen LogP contribution in [0.3, 0.4) is 0 Å². The molecular weight excluding hydrogens is 188 g/mol. The highest BCUT2D eigenvalue weighted by atomic mass is 16.5. The molecule has 15 heavy (non-hydrogen) atoms. The number of rotatable bonds is 5. The molecule has 0 heterocycles. The topological polar surface area (TPSA) is 47.3 Å². The zero-order valence-corrected chi connectivity index (χ0v) is 9.07. The molecule has 82 valence electrons. The van der Waals surface area contributed by atoms with E-state index in [2.05, 4.69) is 11.5 Å². The van der Waals surface area contributed by atoms with Gasteiger partial charge in [0.05, 0.1) is 7.11 Å². The molecule has 0 aliphatic heterocycles. The SMILES string of the molecule is COc1ccccc1C(CC1CC1)NN. The molecule has 1 aromatic rings. The van der Waals surface area contributed by atoms with E-state index >= 15 is 0 Å². The molecule has 1 aromatic carbocycles. The predicted octanol–water partition coefficient (Wildman–Crippen LogP) is 2.00. The normalized spacial score (nSPS) is 17.5. The van der Waals surface area contributed by atoms with E-state index in [9.17, 15) is 0 Å². The largest absolute Gasteiger partial charge is 0.496 e. The maximum absolute atomic E-state index is 5.60. The summed E-state index contributed by atoms with van der Waals surface area (Å²) in [4.78, 5) is 0. The first-order valence-corrected chi connectivity index (χ1v) is 5.44. The third-order valence-electron chi connectivity index (χ3n) is 2.98. The lowest BCUT2D eigenvalue weighted by Crippen LogP contribution is -2.28. The van der Waals surface area contributed by atoms with Gasteiger partial charge in [-0.25, -0.2) is 0 Å². The highest BCUT2D eigenvalue weighted by Gasteiger charge is 2.26. The molecular formula is C12H18N2O. The Bertz CT molecular complexity index is 323. The Morgan fingerprint density at radius 1 is 1.47 bits per heavy atom. The lowest BCUT2D eigenvalue weighted by Gasteiger charge is -2.18. The fourth-order valence-corrected chi connectivity index (χ4v) is 1.93. The fourth-order valence-electron chi connectivity index (χ4n) is 1.93.